The van der Waals surface area contributed by atoms with Crippen LogP contribution in [-0.2, 0) is 10.9 Å². The maximum atomic E-state index is 4.76. The summed E-state index contributed by atoms with van der Waals surface area (Å²) in [4.78, 5) is 4.08. The lowest BCUT2D eigenvalue weighted by Crippen LogP contribution is -2.04. The highest BCUT2D eigenvalue weighted by Gasteiger charge is 2.27. The maximum absolute atomic E-state index is 4.76. The van der Waals surface area contributed by atoms with Crippen LogP contribution >= 0.6 is 23.2 Å². The molecule has 0 radical (unpaired) electrons. The summed E-state index contributed by atoms with van der Waals surface area (Å²) < 4.78 is 0. The average Bonchev–Trinajstić information content (AvgIpc) is 2.59. The summed E-state index contributed by atoms with van der Waals surface area (Å²) in [5.74, 6) is 0. The molecule has 0 aliphatic heterocycles. The molecule has 0 saturated carbocycles. The second-order valence-electron chi connectivity index (χ2n) is 4.35. The normalized spacial score (nSPS) is 9.95. The summed E-state index contributed by atoms with van der Waals surface area (Å²) in [5.41, 5.74) is 0. The van der Waals surface area contributed by atoms with Gasteiger partial charge in [-0.25, -0.2) is 0 Å². The Morgan fingerprint density at radius 2 is 0.727 bits per heavy atom. The zero-order chi connectivity index (χ0) is 15.6. The van der Waals surface area contributed by atoms with Gasteiger partial charge in [0.2, 0.25) is 0 Å². The first-order valence-electron chi connectivity index (χ1n) is 6.88. The Hall–Kier alpha value is -1.41. The van der Waals surface area contributed by atoms with E-state index in [4.69, 9.17) is 23.2 Å². The summed E-state index contributed by atoms with van der Waals surface area (Å²) in [6.45, 7) is 0. The lowest BCUT2D eigenvalue weighted by Gasteiger charge is -2.07. The largest absolute Gasteiger partial charge is 0.166 e. The third-order valence-electron chi connectivity index (χ3n) is 2.94. The van der Waals surface area contributed by atoms with E-state index in [-0.39, 0.29) is 16.2 Å². The van der Waals surface area contributed by atoms with Gasteiger partial charge >= 0.3 is 0 Å². The van der Waals surface area contributed by atoms with Gasteiger partial charge < -0.3 is 0 Å². The average molecular weight is 348 g/mol. The standard InChI is InChI=1S/C18H15S.CH2Cl2/c1-4-10-16(11-5-1)19(17-12-6-2-7-13-17)18-14-8-3-9-15-18;2-1-3/h1-15H;1H2/q+1;. The highest BCUT2D eigenvalue weighted by Crippen LogP contribution is 2.30. The van der Waals surface area contributed by atoms with Crippen molar-refractivity contribution in [3.8, 4) is 0 Å². The van der Waals surface area contributed by atoms with Gasteiger partial charge in [0.25, 0.3) is 0 Å². The van der Waals surface area contributed by atoms with Crippen molar-refractivity contribution in [1.82, 2.24) is 0 Å². The predicted molar refractivity (Wildman–Crippen MR) is 98.1 cm³/mol. The van der Waals surface area contributed by atoms with Gasteiger partial charge in [-0.1, -0.05) is 54.6 Å². The van der Waals surface area contributed by atoms with Crippen LogP contribution < -0.4 is 0 Å². The topological polar surface area (TPSA) is 0 Å². The number of benzene rings is 3. The van der Waals surface area contributed by atoms with E-state index in [9.17, 15) is 0 Å². The zero-order valence-electron chi connectivity index (χ0n) is 12.0. The third kappa shape index (κ3) is 4.81. The van der Waals surface area contributed by atoms with Crippen molar-refractivity contribution < 1.29 is 0 Å². The van der Waals surface area contributed by atoms with Gasteiger partial charge in [0.15, 0.2) is 14.7 Å². The molecule has 3 aromatic rings. The van der Waals surface area contributed by atoms with Crippen molar-refractivity contribution in [2.24, 2.45) is 0 Å². The molecule has 3 heteroatoms. The van der Waals surface area contributed by atoms with E-state index in [0.29, 0.717) is 0 Å². The van der Waals surface area contributed by atoms with Crippen molar-refractivity contribution in [2.45, 2.75) is 14.7 Å². The summed E-state index contributed by atoms with van der Waals surface area (Å²) >= 11 is 9.53. The maximum Gasteiger partial charge on any atom is 0.166 e. The second-order valence-corrected chi connectivity index (χ2v) is 7.18. The monoisotopic (exact) mass is 347 g/mol. The Morgan fingerprint density at radius 3 is 0.955 bits per heavy atom. The van der Waals surface area contributed by atoms with Crippen molar-refractivity contribution in [2.75, 3.05) is 5.34 Å². The summed E-state index contributed by atoms with van der Waals surface area (Å²) in [6.07, 6.45) is 0. The number of hydrogen-bond donors (Lipinski definition) is 0. The van der Waals surface area contributed by atoms with Crippen LogP contribution in [0.1, 0.15) is 0 Å². The molecule has 0 spiro atoms. The fraction of sp³-hybridized carbons (Fsp3) is 0.0526. The lowest BCUT2D eigenvalue weighted by molar-refractivity contribution is 1.32. The van der Waals surface area contributed by atoms with Crippen LogP contribution in [0.25, 0.3) is 0 Å². The van der Waals surface area contributed by atoms with E-state index in [1.54, 1.807) is 0 Å². The van der Waals surface area contributed by atoms with Crippen LogP contribution in [0.15, 0.2) is 106 Å². The molecule has 3 aromatic carbocycles. The van der Waals surface area contributed by atoms with E-state index in [0.717, 1.165) is 0 Å². The van der Waals surface area contributed by atoms with E-state index >= 15 is 0 Å². The van der Waals surface area contributed by atoms with E-state index in [1.165, 1.54) is 14.7 Å². The van der Waals surface area contributed by atoms with Gasteiger partial charge in [0.05, 0.1) is 16.2 Å². The molecule has 0 atom stereocenters. The Balaban J connectivity index is 0.000000545. The van der Waals surface area contributed by atoms with Gasteiger partial charge in [0.1, 0.15) is 0 Å². The van der Waals surface area contributed by atoms with Gasteiger partial charge in [-0.05, 0) is 36.4 Å². The number of rotatable bonds is 3. The minimum atomic E-state index is -0.0146. The molecule has 22 heavy (non-hydrogen) atoms. The summed E-state index contributed by atoms with van der Waals surface area (Å²) in [5, 5.41) is 0.194. The molecular formula is C19H17Cl2S+. The summed E-state index contributed by atoms with van der Waals surface area (Å²) in [7, 11) is -0.0146. The van der Waals surface area contributed by atoms with Gasteiger partial charge in [-0.2, -0.15) is 0 Å². The first-order chi connectivity index (χ1) is 10.9. The smallest absolute Gasteiger partial charge is 0.109 e. The van der Waals surface area contributed by atoms with Crippen LogP contribution in [0.2, 0.25) is 0 Å². The van der Waals surface area contributed by atoms with Crippen LogP contribution in [0.5, 0.6) is 0 Å². The van der Waals surface area contributed by atoms with Gasteiger partial charge in [0, 0.05) is 0 Å². The molecule has 0 aromatic heterocycles. The lowest BCUT2D eigenvalue weighted by atomic mass is 10.4. The first-order valence-corrected chi connectivity index (χ1v) is 9.17. The molecule has 0 saturated heterocycles. The predicted octanol–water partition coefficient (Wildman–Crippen LogP) is 6.20. The van der Waals surface area contributed by atoms with Crippen molar-refractivity contribution in [3.63, 3.8) is 0 Å². The van der Waals surface area contributed by atoms with E-state index in [2.05, 4.69) is 91.0 Å². The molecule has 0 aliphatic rings. The molecule has 0 heterocycles. The number of alkyl halides is 2. The molecule has 112 valence electrons. The molecular weight excluding hydrogens is 331 g/mol. The van der Waals surface area contributed by atoms with E-state index < -0.39 is 0 Å². The Bertz CT molecular complexity index is 548. The van der Waals surface area contributed by atoms with Crippen LogP contribution in [-0.4, -0.2) is 5.34 Å². The Labute approximate surface area is 145 Å². The molecule has 0 bridgehead atoms. The third-order valence-corrected chi connectivity index (χ3v) is 5.17. The van der Waals surface area contributed by atoms with Gasteiger partial charge in [-0.15, -0.1) is 23.2 Å². The quantitative estimate of drug-likeness (QED) is 0.390. The van der Waals surface area contributed by atoms with Crippen molar-refractivity contribution >= 4 is 34.1 Å². The zero-order valence-corrected chi connectivity index (χ0v) is 14.4. The van der Waals surface area contributed by atoms with Gasteiger partial charge in [-0.3, -0.25) is 0 Å². The van der Waals surface area contributed by atoms with Crippen molar-refractivity contribution in [1.29, 1.82) is 0 Å². The fourth-order valence-corrected chi connectivity index (χ4v) is 4.18. The molecule has 0 N–H and O–H groups in total. The highest BCUT2D eigenvalue weighted by atomic mass is 35.5. The SMILES string of the molecule is ClCCl.c1ccc([S+](c2ccccc2)c2ccccc2)cc1. The molecule has 0 amide bonds. The summed E-state index contributed by atoms with van der Waals surface area (Å²) in [6, 6.07) is 32.2. The Morgan fingerprint density at radius 1 is 0.500 bits per heavy atom. The minimum absolute atomic E-state index is 0.0146. The molecule has 3 rings (SSSR count). The fourth-order valence-electron chi connectivity index (χ4n) is 2.08. The molecule has 0 aliphatic carbocycles. The molecule has 0 unspecified atom stereocenters. The van der Waals surface area contributed by atoms with Crippen molar-refractivity contribution in [3.05, 3.63) is 91.0 Å². The van der Waals surface area contributed by atoms with E-state index in [1.807, 2.05) is 0 Å². The number of hydrogen-bond acceptors (Lipinski definition) is 0. The highest BCUT2D eigenvalue weighted by molar-refractivity contribution is 7.97. The van der Waals surface area contributed by atoms with Crippen LogP contribution in [0.3, 0.4) is 0 Å². The van der Waals surface area contributed by atoms with Crippen LogP contribution in [0.4, 0.5) is 0 Å². The second kappa shape index (κ2) is 9.58. The Kier molecular flexibility index (Phi) is 7.38. The first kappa shape index (κ1) is 17.0. The number of halogens is 2. The molecule has 0 fully saturated rings. The van der Waals surface area contributed by atoms with Crippen LogP contribution in [0, 0.1) is 0 Å². The minimum Gasteiger partial charge on any atom is -0.109 e. The molecule has 0 nitrogen and oxygen atoms in total.